The molecule has 0 saturated carbocycles. The van der Waals surface area contributed by atoms with Gasteiger partial charge in [0, 0.05) is 19.3 Å². The second kappa shape index (κ2) is 47.4. The maximum atomic E-state index is 12.8. The van der Waals surface area contributed by atoms with E-state index < -0.39 is 6.10 Å². The first-order valence-electron chi connectivity index (χ1n) is 27.6. The first-order valence-corrected chi connectivity index (χ1v) is 27.6. The molecule has 0 bridgehead atoms. The van der Waals surface area contributed by atoms with Crippen molar-refractivity contribution in [1.82, 2.24) is 0 Å². The van der Waals surface area contributed by atoms with E-state index in [9.17, 15) is 14.4 Å². The van der Waals surface area contributed by atoms with Gasteiger partial charge in [0.15, 0.2) is 6.10 Å². The number of carbonyl (C=O) groups excluding carboxylic acids is 3. The van der Waals surface area contributed by atoms with Crippen LogP contribution in [-0.4, -0.2) is 37.2 Å². The molecule has 0 spiro atoms. The summed E-state index contributed by atoms with van der Waals surface area (Å²) in [5.41, 5.74) is 0. The third kappa shape index (κ3) is 47.9. The third-order valence-corrected chi connectivity index (χ3v) is 13.0. The SMILES string of the molecule is CCC(C)CCCCCCCCCCCCCCCCCCCCC(=O)OC[C@@H](COC(=O)CCCCCCCCCCC(C)C)OC(=O)CCCCCCCCCCC(C)C. The quantitative estimate of drug-likeness (QED) is 0.0344. The Bertz CT molecular complexity index is 962. The van der Waals surface area contributed by atoms with Crippen LogP contribution in [0.25, 0.3) is 0 Å². The van der Waals surface area contributed by atoms with Crippen LogP contribution in [0, 0.1) is 17.8 Å². The van der Waals surface area contributed by atoms with E-state index in [0.29, 0.717) is 19.3 Å². The van der Waals surface area contributed by atoms with E-state index in [2.05, 4.69) is 41.5 Å². The van der Waals surface area contributed by atoms with Crippen LogP contribution >= 0.6 is 0 Å². The van der Waals surface area contributed by atoms with E-state index in [4.69, 9.17) is 14.2 Å². The first-order chi connectivity index (χ1) is 30.1. The summed E-state index contributed by atoms with van der Waals surface area (Å²) in [7, 11) is 0. The number of unbranched alkanes of at least 4 members (excludes halogenated alkanes) is 31. The monoisotopic (exact) mass is 877 g/mol. The fourth-order valence-electron chi connectivity index (χ4n) is 8.44. The zero-order chi connectivity index (χ0) is 45.6. The highest BCUT2D eigenvalue weighted by Crippen LogP contribution is 2.18. The minimum atomic E-state index is -0.763. The summed E-state index contributed by atoms with van der Waals surface area (Å²) in [4.78, 5) is 38.0. The molecule has 0 heterocycles. The standard InChI is InChI=1S/C56H108O6/c1-7-52(6)44-38-32-26-18-16-14-12-10-8-9-11-13-15-17-19-27-33-39-45-54(57)60-48-53(62-56(59)47-41-35-29-23-21-25-31-37-43-51(4)5)49-61-55(58)46-40-34-28-22-20-24-30-36-42-50(2)3/h50-53H,7-49H2,1-6H3/t52?,53-/m0/s1. The number of rotatable bonds is 49. The van der Waals surface area contributed by atoms with Gasteiger partial charge in [0.05, 0.1) is 0 Å². The van der Waals surface area contributed by atoms with Crippen LogP contribution in [0.1, 0.15) is 305 Å². The molecule has 0 aliphatic heterocycles. The third-order valence-electron chi connectivity index (χ3n) is 13.0. The van der Waals surface area contributed by atoms with Crippen molar-refractivity contribution in [2.45, 2.75) is 311 Å². The Hall–Kier alpha value is -1.59. The number of hydrogen-bond acceptors (Lipinski definition) is 6. The van der Waals surface area contributed by atoms with Gasteiger partial charge in [0.25, 0.3) is 0 Å². The van der Waals surface area contributed by atoms with Crippen molar-refractivity contribution >= 4 is 17.9 Å². The predicted molar refractivity (Wildman–Crippen MR) is 266 cm³/mol. The molecule has 0 fully saturated rings. The lowest BCUT2D eigenvalue weighted by Gasteiger charge is -2.18. The van der Waals surface area contributed by atoms with Crippen molar-refractivity contribution < 1.29 is 28.6 Å². The molecule has 0 amide bonds. The van der Waals surface area contributed by atoms with E-state index in [1.807, 2.05) is 0 Å². The van der Waals surface area contributed by atoms with Gasteiger partial charge < -0.3 is 14.2 Å². The average Bonchev–Trinajstić information content (AvgIpc) is 3.24. The van der Waals surface area contributed by atoms with Crippen molar-refractivity contribution in [3.8, 4) is 0 Å². The van der Waals surface area contributed by atoms with E-state index in [1.165, 1.54) is 186 Å². The van der Waals surface area contributed by atoms with Gasteiger partial charge in [-0.3, -0.25) is 14.4 Å². The highest BCUT2D eigenvalue weighted by Gasteiger charge is 2.19. The molecule has 0 aromatic carbocycles. The molecule has 0 N–H and O–H groups in total. The van der Waals surface area contributed by atoms with E-state index in [0.717, 1.165) is 75.5 Å². The Morgan fingerprint density at radius 1 is 0.323 bits per heavy atom. The molecule has 62 heavy (non-hydrogen) atoms. The average molecular weight is 877 g/mol. The summed E-state index contributed by atoms with van der Waals surface area (Å²) in [6.07, 6.45) is 48.2. The molecule has 6 nitrogen and oxygen atoms in total. The zero-order valence-corrected chi connectivity index (χ0v) is 42.7. The summed E-state index contributed by atoms with van der Waals surface area (Å²) < 4.78 is 16.8. The van der Waals surface area contributed by atoms with Crippen molar-refractivity contribution in [1.29, 1.82) is 0 Å². The molecule has 0 rings (SSSR count). The van der Waals surface area contributed by atoms with Gasteiger partial charge in [-0.25, -0.2) is 0 Å². The summed E-state index contributed by atoms with van der Waals surface area (Å²) in [6, 6.07) is 0. The van der Waals surface area contributed by atoms with Crippen molar-refractivity contribution in [2.75, 3.05) is 13.2 Å². The largest absolute Gasteiger partial charge is 0.462 e. The molecular formula is C56H108O6. The Balaban J connectivity index is 4.18. The Kier molecular flexibility index (Phi) is 46.2. The highest BCUT2D eigenvalue weighted by molar-refractivity contribution is 5.71. The number of carbonyl (C=O) groups is 3. The van der Waals surface area contributed by atoms with Crippen molar-refractivity contribution in [3.05, 3.63) is 0 Å². The first kappa shape index (κ1) is 60.4. The molecule has 0 aliphatic rings. The molecule has 0 aromatic rings. The van der Waals surface area contributed by atoms with Crippen molar-refractivity contribution in [3.63, 3.8) is 0 Å². The van der Waals surface area contributed by atoms with Crippen LogP contribution < -0.4 is 0 Å². The molecule has 0 radical (unpaired) electrons. The molecular weight excluding hydrogens is 769 g/mol. The van der Waals surface area contributed by atoms with Gasteiger partial charge >= 0.3 is 17.9 Å². The molecule has 2 atom stereocenters. The number of hydrogen-bond donors (Lipinski definition) is 0. The summed E-state index contributed by atoms with van der Waals surface area (Å²) in [5.74, 6) is 1.65. The fourth-order valence-corrected chi connectivity index (χ4v) is 8.44. The Morgan fingerprint density at radius 2 is 0.565 bits per heavy atom. The van der Waals surface area contributed by atoms with E-state index in [-0.39, 0.29) is 31.1 Å². The van der Waals surface area contributed by atoms with Crippen LogP contribution in [0.2, 0.25) is 0 Å². The lowest BCUT2D eigenvalue weighted by Crippen LogP contribution is -2.30. The van der Waals surface area contributed by atoms with Gasteiger partial charge in [-0.05, 0) is 37.0 Å². The normalized spacial score (nSPS) is 12.6. The van der Waals surface area contributed by atoms with Gasteiger partial charge in [-0.1, -0.05) is 266 Å². The van der Waals surface area contributed by atoms with Gasteiger partial charge in [-0.2, -0.15) is 0 Å². The lowest BCUT2D eigenvalue weighted by molar-refractivity contribution is -0.167. The molecule has 0 saturated heterocycles. The molecule has 6 heteroatoms. The summed E-state index contributed by atoms with van der Waals surface area (Å²) in [5, 5.41) is 0. The molecule has 368 valence electrons. The smallest absolute Gasteiger partial charge is 0.306 e. The number of esters is 3. The van der Waals surface area contributed by atoms with Crippen LogP contribution in [0.3, 0.4) is 0 Å². The van der Waals surface area contributed by atoms with Crippen LogP contribution in [0.4, 0.5) is 0 Å². The second-order valence-electron chi connectivity index (χ2n) is 20.4. The van der Waals surface area contributed by atoms with E-state index in [1.54, 1.807) is 0 Å². The Labute approximate surface area is 387 Å². The second-order valence-corrected chi connectivity index (χ2v) is 20.4. The highest BCUT2D eigenvalue weighted by atomic mass is 16.6. The van der Waals surface area contributed by atoms with Gasteiger partial charge in [0.2, 0.25) is 0 Å². The maximum Gasteiger partial charge on any atom is 0.306 e. The molecule has 0 aromatic heterocycles. The fraction of sp³-hybridized carbons (Fsp3) is 0.946. The molecule has 1 unspecified atom stereocenters. The van der Waals surface area contributed by atoms with Crippen molar-refractivity contribution in [2.24, 2.45) is 17.8 Å². The maximum absolute atomic E-state index is 12.8. The Morgan fingerprint density at radius 3 is 0.839 bits per heavy atom. The minimum absolute atomic E-state index is 0.0649. The van der Waals surface area contributed by atoms with Crippen LogP contribution in [-0.2, 0) is 28.6 Å². The predicted octanol–water partition coefficient (Wildman–Crippen LogP) is 17.9. The zero-order valence-electron chi connectivity index (χ0n) is 42.7. The number of ether oxygens (including phenoxy) is 3. The minimum Gasteiger partial charge on any atom is -0.462 e. The summed E-state index contributed by atoms with van der Waals surface area (Å²) >= 11 is 0. The molecule has 0 aliphatic carbocycles. The van der Waals surface area contributed by atoms with Crippen LogP contribution in [0.5, 0.6) is 0 Å². The lowest BCUT2D eigenvalue weighted by atomic mass is 9.99. The topological polar surface area (TPSA) is 78.9 Å². The van der Waals surface area contributed by atoms with Crippen LogP contribution in [0.15, 0.2) is 0 Å². The van der Waals surface area contributed by atoms with E-state index >= 15 is 0 Å². The van der Waals surface area contributed by atoms with Gasteiger partial charge in [-0.15, -0.1) is 0 Å². The van der Waals surface area contributed by atoms with Gasteiger partial charge in [0.1, 0.15) is 13.2 Å². The summed E-state index contributed by atoms with van der Waals surface area (Å²) in [6.45, 7) is 13.7.